The average Bonchev–Trinajstić information content (AvgIpc) is 1.89. The predicted octanol–water partition coefficient (Wildman–Crippen LogP) is -0.163. The van der Waals surface area contributed by atoms with Gasteiger partial charge in [0.1, 0.15) is 0 Å². The van der Waals surface area contributed by atoms with Gasteiger partial charge in [0.05, 0.1) is 6.07 Å². The Bertz CT molecular complexity index is 95.0. The summed E-state index contributed by atoms with van der Waals surface area (Å²) < 4.78 is 0. The fraction of sp³-hybridized carbons (Fsp3) is 0.833. The molecule has 0 bridgehead atoms. The molecule has 0 aliphatic carbocycles. The lowest BCUT2D eigenvalue weighted by molar-refractivity contribution is 0.564. The van der Waals surface area contributed by atoms with Crippen molar-refractivity contribution in [1.29, 1.82) is 5.26 Å². The van der Waals surface area contributed by atoms with Gasteiger partial charge in [-0.25, -0.2) is 0 Å². The Balaban J connectivity index is 2.99. The van der Waals surface area contributed by atoms with Crippen molar-refractivity contribution in [3.8, 4) is 6.07 Å². The van der Waals surface area contributed by atoms with E-state index in [1.54, 1.807) is 0 Å². The predicted molar refractivity (Wildman–Crippen MR) is 36.7 cm³/mol. The summed E-state index contributed by atoms with van der Waals surface area (Å²) in [5.74, 6) is 0. The van der Waals surface area contributed by atoms with Gasteiger partial charge in [-0.2, -0.15) is 5.26 Å². The van der Waals surface area contributed by atoms with E-state index in [9.17, 15) is 0 Å². The van der Waals surface area contributed by atoms with Crippen molar-refractivity contribution in [2.24, 2.45) is 5.73 Å². The van der Waals surface area contributed by atoms with E-state index in [0.717, 1.165) is 6.54 Å². The van der Waals surface area contributed by atoms with Gasteiger partial charge in [0, 0.05) is 25.6 Å². The van der Waals surface area contributed by atoms with Crippen LogP contribution in [-0.2, 0) is 0 Å². The van der Waals surface area contributed by atoms with E-state index in [0.29, 0.717) is 19.0 Å². The third-order valence-electron chi connectivity index (χ3n) is 1.08. The van der Waals surface area contributed by atoms with Crippen LogP contribution in [0, 0.1) is 11.3 Å². The van der Waals surface area contributed by atoms with Gasteiger partial charge < -0.3 is 11.1 Å². The fourth-order valence-electron chi connectivity index (χ4n) is 0.458. The monoisotopic (exact) mass is 127 g/mol. The minimum Gasteiger partial charge on any atom is -0.329 e. The summed E-state index contributed by atoms with van der Waals surface area (Å²) in [5.41, 5.74) is 5.31. The largest absolute Gasteiger partial charge is 0.329 e. The summed E-state index contributed by atoms with van der Waals surface area (Å²) in [4.78, 5) is 0. The maximum absolute atomic E-state index is 8.13. The van der Waals surface area contributed by atoms with Crippen LogP contribution in [0.25, 0.3) is 0 Å². The van der Waals surface area contributed by atoms with Crippen LogP contribution >= 0.6 is 0 Å². The smallest absolute Gasteiger partial charge is 0.0635 e. The molecule has 9 heavy (non-hydrogen) atoms. The maximum atomic E-state index is 8.13. The van der Waals surface area contributed by atoms with Crippen LogP contribution < -0.4 is 11.1 Å². The zero-order chi connectivity index (χ0) is 7.11. The van der Waals surface area contributed by atoms with Crippen LogP contribution in [0.15, 0.2) is 0 Å². The van der Waals surface area contributed by atoms with Crippen LogP contribution in [0.1, 0.15) is 13.3 Å². The average molecular weight is 127 g/mol. The topological polar surface area (TPSA) is 61.8 Å². The first-order valence-electron chi connectivity index (χ1n) is 3.11. The number of hydrogen-bond acceptors (Lipinski definition) is 3. The summed E-state index contributed by atoms with van der Waals surface area (Å²) in [6, 6.07) is 2.38. The Morgan fingerprint density at radius 1 is 1.78 bits per heavy atom. The molecule has 0 amide bonds. The fourth-order valence-corrected chi connectivity index (χ4v) is 0.458. The molecular weight excluding hydrogens is 114 g/mol. The molecule has 3 N–H and O–H groups in total. The molecule has 0 spiro atoms. The molecule has 0 saturated heterocycles. The number of nitrogens with one attached hydrogen (secondary N) is 1. The van der Waals surface area contributed by atoms with E-state index < -0.39 is 0 Å². The van der Waals surface area contributed by atoms with Gasteiger partial charge in [-0.1, -0.05) is 0 Å². The van der Waals surface area contributed by atoms with Crippen molar-refractivity contribution in [2.45, 2.75) is 19.4 Å². The van der Waals surface area contributed by atoms with E-state index in [4.69, 9.17) is 11.0 Å². The molecule has 0 aromatic heterocycles. The lowest BCUT2D eigenvalue weighted by Crippen LogP contribution is -2.33. The van der Waals surface area contributed by atoms with E-state index in [1.165, 1.54) is 0 Å². The van der Waals surface area contributed by atoms with Crippen molar-refractivity contribution in [3.63, 3.8) is 0 Å². The second-order valence-electron chi connectivity index (χ2n) is 2.00. The minimum atomic E-state index is 0.332. The third-order valence-corrected chi connectivity index (χ3v) is 1.08. The normalized spacial score (nSPS) is 12.6. The highest BCUT2D eigenvalue weighted by molar-refractivity contribution is 4.72. The Hall–Kier alpha value is -0.590. The molecule has 0 aliphatic rings. The summed E-state index contributed by atoms with van der Waals surface area (Å²) in [7, 11) is 0. The van der Waals surface area contributed by atoms with Crippen molar-refractivity contribution < 1.29 is 0 Å². The molecular formula is C6H13N3. The Kier molecular flexibility index (Phi) is 5.18. The van der Waals surface area contributed by atoms with E-state index >= 15 is 0 Å². The number of rotatable bonds is 4. The SMILES string of the molecule is CC(CN)NCCC#N. The summed E-state index contributed by atoms with van der Waals surface area (Å²) in [5, 5.41) is 11.2. The van der Waals surface area contributed by atoms with Crippen molar-refractivity contribution >= 4 is 0 Å². The first-order chi connectivity index (χ1) is 4.31. The van der Waals surface area contributed by atoms with E-state index in [-0.39, 0.29) is 0 Å². The van der Waals surface area contributed by atoms with Gasteiger partial charge in [-0.3, -0.25) is 0 Å². The second kappa shape index (κ2) is 5.54. The Labute approximate surface area is 55.8 Å². The van der Waals surface area contributed by atoms with Gasteiger partial charge in [0.25, 0.3) is 0 Å². The lowest BCUT2D eigenvalue weighted by atomic mass is 10.3. The standard InChI is InChI=1S/C6H13N3/c1-6(5-8)9-4-2-3-7/h6,9H,2,4-5,8H2,1H3. The van der Waals surface area contributed by atoms with Crippen LogP contribution in [0.3, 0.4) is 0 Å². The molecule has 0 aromatic carbocycles. The van der Waals surface area contributed by atoms with Gasteiger partial charge in [-0.15, -0.1) is 0 Å². The Morgan fingerprint density at radius 2 is 2.44 bits per heavy atom. The molecule has 3 nitrogen and oxygen atoms in total. The molecule has 0 aromatic rings. The Morgan fingerprint density at radius 3 is 2.89 bits per heavy atom. The molecule has 3 heteroatoms. The molecule has 0 aliphatic heterocycles. The second-order valence-corrected chi connectivity index (χ2v) is 2.00. The quantitative estimate of drug-likeness (QED) is 0.516. The number of hydrogen-bond donors (Lipinski definition) is 2. The number of nitriles is 1. The highest BCUT2D eigenvalue weighted by Gasteiger charge is 1.93. The summed E-state index contributed by atoms with van der Waals surface area (Å²) in [6.45, 7) is 3.37. The third kappa shape index (κ3) is 5.28. The lowest BCUT2D eigenvalue weighted by Gasteiger charge is -2.07. The summed E-state index contributed by atoms with van der Waals surface area (Å²) >= 11 is 0. The first kappa shape index (κ1) is 8.41. The first-order valence-corrected chi connectivity index (χ1v) is 3.11. The van der Waals surface area contributed by atoms with Gasteiger partial charge in [0.15, 0.2) is 0 Å². The minimum absolute atomic E-state index is 0.332. The molecule has 0 heterocycles. The number of nitrogens with two attached hydrogens (primary N) is 1. The molecule has 0 rings (SSSR count). The van der Waals surface area contributed by atoms with Crippen LogP contribution in [0.5, 0.6) is 0 Å². The molecule has 52 valence electrons. The highest BCUT2D eigenvalue weighted by Crippen LogP contribution is 1.76. The van der Waals surface area contributed by atoms with Crippen molar-refractivity contribution in [1.82, 2.24) is 5.32 Å². The number of nitrogens with zero attached hydrogens (tertiary/aromatic N) is 1. The molecule has 1 unspecified atom stereocenters. The molecule has 0 radical (unpaired) electrons. The van der Waals surface area contributed by atoms with Crippen molar-refractivity contribution in [2.75, 3.05) is 13.1 Å². The molecule has 0 fully saturated rings. The maximum Gasteiger partial charge on any atom is 0.0635 e. The van der Waals surface area contributed by atoms with Gasteiger partial charge in [-0.05, 0) is 6.92 Å². The van der Waals surface area contributed by atoms with Gasteiger partial charge in [0.2, 0.25) is 0 Å². The van der Waals surface area contributed by atoms with E-state index in [2.05, 4.69) is 5.32 Å². The van der Waals surface area contributed by atoms with E-state index in [1.807, 2.05) is 13.0 Å². The summed E-state index contributed by atoms with van der Waals surface area (Å²) in [6.07, 6.45) is 0.560. The van der Waals surface area contributed by atoms with Crippen LogP contribution in [-0.4, -0.2) is 19.1 Å². The molecule has 1 atom stereocenters. The highest BCUT2D eigenvalue weighted by atomic mass is 14.9. The van der Waals surface area contributed by atoms with Gasteiger partial charge >= 0.3 is 0 Å². The van der Waals surface area contributed by atoms with Crippen LogP contribution in [0.2, 0.25) is 0 Å². The zero-order valence-corrected chi connectivity index (χ0v) is 5.72. The molecule has 0 saturated carbocycles. The van der Waals surface area contributed by atoms with Crippen LogP contribution in [0.4, 0.5) is 0 Å². The van der Waals surface area contributed by atoms with Crippen molar-refractivity contribution in [3.05, 3.63) is 0 Å². The zero-order valence-electron chi connectivity index (χ0n) is 5.72.